The monoisotopic (exact) mass is 331 g/mol. The molecule has 0 saturated carbocycles. The lowest BCUT2D eigenvalue weighted by molar-refractivity contribution is -0.141. The van der Waals surface area contributed by atoms with Gasteiger partial charge in [-0.05, 0) is 48.4 Å². The third kappa shape index (κ3) is 3.90. The van der Waals surface area contributed by atoms with Crippen LogP contribution in [0.15, 0.2) is 12.1 Å². The van der Waals surface area contributed by atoms with Crippen LogP contribution in [0.3, 0.4) is 0 Å². The summed E-state index contributed by atoms with van der Waals surface area (Å²) >= 11 is 0. The highest BCUT2D eigenvalue weighted by atomic mass is 16.5. The minimum absolute atomic E-state index is 0.0413. The third-order valence-corrected chi connectivity index (χ3v) is 4.62. The molecule has 24 heavy (non-hydrogen) atoms. The summed E-state index contributed by atoms with van der Waals surface area (Å²) in [5.41, 5.74) is 9.16. The first kappa shape index (κ1) is 18.3. The Morgan fingerprint density at radius 1 is 1.29 bits per heavy atom. The molecule has 5 nitrogen and oxygen atoms in total. The van der Waals surface area contributed by atoms with Crippen molar-refractivity contribution in [3.63, 3.8) is 0 Å². The molecule has 5 heteroatoms. The normalized spacial score (nSPS) is 15.8. The fourth-order valence-corrected chi connectivity index (χ4v) is 3.24. The first-order chi connectivity index (χ1) is 11.4. The van der Waals surface area contributed by atoms with E-state index in [0.717, 1.165) is 17.5 Å². The van der Waals surface area contributed by atoms with Crippen molar-refractivity contribution < 1.29 is 19.1 Å². The van der Waals surface area contributed by atoms with E-state index in [2.05, 4.69) is 4.74 Å². The number of ether oxygens (including phenoxy) is 1. The number of aryl methyl sites for hydroxylation is 1. The first-order valence-electron chi connectivity index (χ1n) is 8.42. The van der Waals surface area contributed by atoms with Gasteiger partial charge < -0.3 is 10.5 Å². The number of nitrogens with two attached hydrogens (primary N) is 1. The Bertz CT molecular complexity index is 666. The molecule has 1 aromatic rings. The topological polar surface area (TPSA) is 86.5 Å². The van der Waals surface area contributed by atoms with Crippen LogP contribution in [0.4, 0.5) is 0 Å². The summed E-state index contributed by atoms with van der Waals surface area (Å²) in [6, 6.07) is 3.08. The Hall–Kier alpha value is -2.01. The SMILES string of the molecule is CCc1cc2c(c(C(=O)C(N)CC(C)CC(=O)OC)c1)CCC2=O. The van der Waals surface area contributed by atoms with Crippen molar-refractivity contribution in [3.8, 4) is 0 Å². The van der Waals surface area contributed by atoms with Crippen molar-refractivity contribution in [3.05, 3.63) is 34.4 Å². The Kier molecular flexibility index (Phi) is 5.89. The molecule has 2 rings (SSSR count). The zero-order chi connectivity index (χ0) is 17.9. The fraction of sp³-hybridized carbons (Fsp3) is 0.526. The molecule has 0 aliphatic heterocycles. The standard InChI is InChI=1S/C19H25NO4/c1-4-12-9-14-13(5-6-17(14)21)15(10-12)19(23)16(20)7-11(2)8-18(22)24-3/h9-11,16H,4-8,20H2,1-3H3. The highest BCUT2D eigenvalue weighted by Crippen LogP contribution is 2.29. The van der Waals surface area contributed by atoms with E-state index in [1.807, 2.05) is 26.0 Å². The fourth-order valence-electron chi connectivity index (χ4n) is 3.24. The highest BCUT2D eigenvalue weighted by Gasteiger charge is 2.28. The Labute approximate surface area is 142 Å². The van der Waals surface area contributed by atoms with Gasteiger partial charge in [0.25, 0.3) is 0 Å². The molecule has 0 radical (unpaired) electrons. The second-order valence-corrected chi connectivity index (χ2v) is 6.54. The minimum Gasteiger partial charge on any atom is -0.469 e. The molecule has 0 bridgehead atoms. The predicted molar refractivity (Wildman–Crippen MR) is 91.2 cm³/mol. The van der Waals surface area contributed by atoms with Crippen molar-refractivity contribution in [2.24, 2.45) is 11.7 Å². The first-order valence-corrected chi connectivity index (χ1v) is 8.42. The number of Topliss-reactive ketones (excluding diaryl/α,β-unsaturated/α-hetero) is 2. The second kappa shape index (κ2) is 7.71. The van der Waals surface area contributed by atoms with Crippen LogP contribution in [0.25, 0.3) is 0 Å². The smallest absolute Gasteiger partial charge is 0.305 e. The van der Waals surface area contributed by atoms with Gasteiger partial charge >= 0.3 is 5.97 Å². The lowest BCUT2D eigenvalue weighted by atomic mass is 9.89. The summed E-state index contributed by atoms with van der Waals surface area (Å²) in [5, 5.41) is 0. The van der Waals surface area contributed by atoms with Gasteiger partial charge in [-0.2, -0.15) is 0 Å². The van der Waals surface area contributed by atoms with Crippen LogP contribution in [0.1, 0.15) is 65.0 Å². The Morgan fingerprint density at radius 3 is 2.62 bits per heavy atom. The number of rotatable bonds is 7. The van der Waals surface area contributed by atoms with E-state index in [1.165, 1.54) is 7.11 Å². The van der Waals surface area contributed by atoms with Crippen molar-refractivity contribution in [1.82, 2.24) is 0 Å². The molecule has 1 aromatic carbocycles. The van der Waals surface area contributed by atoms with E-state index >= 15 is 0 Å². The average Bonchev–Trinajstić information content (AvgIpc) is 2.94. The summed E-state index contributed by atoms with van der Waals surface area (Å²) in [6.45, 7) is 3.87. The molecule has 130 valence electrons. The number of carbonyl (C=O) groups excluding carboxylic acids is 3. The predicted octanol–water partition coefficient (Wildman–Crippen LogP) is 2.48. The van der Waals surface area contributed by atoms with Gasteiger partial charge in [-0.1, -0.05) is 13.8 Å². The molecule has 0 spiro atoms. The Balaban J connectivity index is 2.20. The largest absolute Gasteiger partial charge is 0.469 e. The summed E-state index contributed by atoms with van der Waals surface area (Å²) in [4.78, 5) is 36.2. The highest BCUT2D eigenvalue weighted by molar-refractivity contribution is 6.08. The van der Waals surface area contributed by atoms with Crippen LogP contribution in [-0.4, -0.2) is 30.7 Å². The molecule has 0 saturated heterocycles. The van der Waals surface area contributed by atoms with Crippen molar-refractivity contribution in [2.75, 3.05) is 7.11 Å². The maximum Gasteiger partial charge on any atom is 0.305 e. The summed E-state index contributed by atoms with van der Waals surface area (Å²) in [6.07, 6.45) is 2.46. The summed E-state index contributed by atoms with van der Waals surface area (Å²) in [7, 11) is 1.34. The second-order valence-electron chi connectivity index (χ2n) is 6.54. The molecule has 2 N–H and O–H groups in total. The van der Waals surface area contributed by atoms with E-state index in [-0.39, 0.29) is 29.9 Å². The molecule has 0 amide bonds. The number of hydrogen-bond acceptors (Lipinski definition) is 5. The molecule has 1 aliphatic rings. The van der Waals surface area contributed by atoms with Crippen LogP contribution in [0, 0.1) is 5.92 Å². The molecular weight excluding hydrogens is 306 g/mol. The Morgan fingerprint density at radius 2 is 2.00 bits per heavy atom. The van der Waals surface area contributed by atoms with Crippen LogP contribution in [0.5, 0.6) is 0 Å². The lowest BCUT2D eigenvalue weighted by Gasteiger charge is -2.18. The third-order valence-electron chi connectivity index (χ3n) is 4.62. The van der Waals surface area contributed by atoms with Gasteiger partial charge in [0.15, 0.2) is 11.6 Å². The van der Waals surface area contributed by atoms with E-state index in [4.69, 9.17) is 5.73 Å². The number of carbonyl (C=O) groups is 3. The molecule has 2 unspecified atom stereocenters. The molecule has 0 aromatic heterocycles. The minimum atomic E-state index is -0.684. The lowest BCUT2D eigenvalue weighted by Crippen LogP contribution is -2.33. The summed E-state index contributed by atoms with van der Waals surface area (Å²) < 4.78 is 4.65. The number of esters is 1. The maximum atomic E-state index is 12.8. The van der Waals surface area contributed by atoms with Crippen molar-refractivity contribution in [1.29, 1.82) is 0 Å². The van der Waals surface area contributed by atoms with Crippen LogP contribution >= 0.6 is 0 Å². The van der Waals surface area contributed by atoms with Crippen LogP contribution in [-0.2, 0) is 22.4 Å². The number of fused-ring (bicyclic) bond motifs is 1. The van der Waals surface area contributed by atoms with E-state index < -0.39 is 6.04 Å². The number of hydrogen-bond donors (Lipinski definition) is 1. The van der Waals surface area contributed by atoms with Gasteiger partial charge in [-0.3, -0.25) is 14.4 Å². The zero-order valence-corrected chi connectivity index (χ0v) is 14.6. The van der Waals surface area contributed by atoms with Gasteiger partial charge in [0.1, 0.15) is 0 Å². The van der Waals surface area contributed by atoms with E-state index in [9.17, 15) is 14.4 Å². The van der Waals surface area contributed by atoms with Crippen molar-refractivity contribution >= 4 is 17.5 Å². The quantitative estimate of drug-likeness (QED) is 0.613. The van der Waals surface area contributed by atoms with Crippen molar-refractivity contribution in [2.45, 2.75) is 52.0 Å². The molecule has 0 heterocycles. The van der Waals surface area contributed by atoms with Crippen LogP contribution < -0.4 is 5.73 Å². The maximum absolute atomic E-state index is 12.8. The van der Waals surface area contributed by atoms with Crippen LogP contribution in [0.2, 0.25) is 0 Å². The van der Waals surface area contributed by atoms with Gasteiger partial charge in [0.05, 0.1) is 13.2 Å². The zero-order valence-electron chi connectivity index (χ0n) is 14.6. The van der Waals surface area contributed by atoms with E-state index in [0.29, 0.717) is 30.4 Å². The number of ketones is 2. The molecule has 2 atom stereocenters. The van der Waals surface area contributed by atoms with Gasteiger partial charge in [0, 0.05) is 24.0 Å². The molecule has 1 aliphatic carbocycles. The van der Waals surface area contributed by atoms with Gasteiger partial charge in [0.2, 0.25) is 0 Å². The van der Waals surface area contributed by atoms with Gasteiger partial charge in [-0.15, -0.1) is 0 Å². The number of benzene rings is 1. The summed E-state index contributed by atoms with van der Waals surface area (Å²) in [5.74, 6) is -0.392. The molecular formula is C19H25NO4. The van der Waals surface area contributed by atoms with Gasteiger partial charge in [-0.25, -0.2) is 0 Å². The average molecular weight is 331 g/mol. The molecule has 0 fully saturated rings. The number of methoxy groups -OCH3 is 1. The van der Waals surface area contributed by atoms with E-state index in [1.54, 1.807) is 0 Å².